The lowest BCUT2D eigenvalue weighted by Crippen LogP contribution is -2.50. The van der Waals surface area contributed by atoms with Crippen molar-refractivity contribution in [2.45, 2.75) is 38.8 Å². The van der Waals surface area contributed by atoms with E-state index in [0.717, 1.165) is 25.9 Å². The maximum absolute atomic E-state index is 10.9. The van der Waals surface area contributed by atoms with Crippen molar-refractivity contribution in [3.8, 4) is 0 Å². The monoisotopic (exact) mass is 229 g/mol. The van der Waals surface area contributed by atoms with Gasteiger partial charge in [0.2, 0.25) is 5.91 Å². The average molecular weight is 229 g/mol. The second kappa shape index (κ2) is 5.42. The number of amides is 1. The van der Waals surface area contributed by atoms with Crippen molar-refractivity contribution in [1.82, 2.24) is 10.2 Å². The molecule has 1 fully saturated rings. The molecule has 0 bridgehead atoms. The van der Waals surface area contributed by atoms with Gasteiger partial charge in [-0.25, -0.2) is 0 Å². The number of piperidine rings is 1. The van der Waals surface area contributed by atoms with Gasteiger partial charge in [0.05, 0.1) is 11.0 Å². The highest BCUT2D eigenvalue weighted by Gasteiger charge is 2.23. The largest absolute Gasteiger partial charge is 0.392 e. The van der Waals surface area contributed by atoms with Gasteiger partial charge in [-0.2, -0.15) is 0 Å². The smallest absolute Gasteiger partial charge is 0.217 e. The van der Waals surface area contributed by atoms with Crippen LogP contribution in [-0.4, -0.2) is 41.0 Å². The maximum Gasteiger partial charge on any atom is 0.217 e. The lowest BCUT2D eigenvalue weighted by Gasteiger charge is -2.35. The summed E-state index contributed by atoms with van der Waals surface area (Å²) >= 11 is 4.96. The highest BCUT2D eigenvalue weighted by molar-refractivity contribution is 7.80. The molecule has 86 valence electrons. The minimum Gasteiger partial charge on any atom is -0.392 e. The van der Waals surface area contributed by atoms with Crippen LogP contribution >= 0.6 is 12.2 Å². The molecule has 1 amide bonds. The van der Waals surface area contributed by atoms with E-state index < -0.39 is 0 Å². The van der Waals surface area contributed by atoms with Crippen LogP contribution in [0.25, 0.3) is 0 Å². The topological polar surface area (TPSA) is 58.4 Å². The number of nitrogens with two attached hydrogens (primary N) is 1. The summed E-state index contributed by atoms with van der Waals surface area (Å²) in [7, 11) is 0. The average Bonchev–Trinajstić information content (AvgIpc) is 2.17. The minimum absolute atomic E-state index is 0.0517. The Kier molecular flexibility index (Phi) is 4.47. The molecule has 1 heterocycles. The van der Waals surface area contributed by atoms with Gasteiger partial charge in [-0.1, -0.05) is 12.2 Å². The second-order valence-corrected chi connectivity index (χ2v) is 4.56. The molecule has 1 saturated heterocycles. The molecule has 0 aromatic rings. The summed E-state index contributed by atoms with van der Waals surface area (Å²) in [5.41, 5.74) is 5.60. The molecular formula is C10H19N3OS. The Morgan fingerprint density at radius 3 is 2.47 bits per heavy atom. The highest BCUT2D eigenvalue weighted by atomic mass is 32.1. The highest BCUT2D eigenvalue weighted by Crippen LogP contribution is 2.13. The van der Waals surface area contributed by atoms with Gasteiger partial charge in [0, 0.05) is 26.1 Å². The minimum atomic E-state index is 0.0517. The van der Waals surface area contributed by atoms with Crippen molar-refractivity contribution in [2.24, 2.45) is 5.73 Å². The van der Waals surface area contributed by atoms with Gasteiger partial charge in [-0.05, 0) is 19.8 Å². The summed E-state index contributed by atoms with van der Waals surface area (Å²) in [6.07, 6.45) is 1.96. The third kappa shape index (κ3) is 3.76. The zero-order valence-corrected chi connectivity index (χ0v) is 10.1. The molecule has 0 aromatic carbocycles. The Bertz CT molecular complexity index is 249. The van der Waals surface area contributed by atoms with Crippen molar-refractivity contribution in [2.75, 3.05) is 13.1 Å². The normalized spacial score (nSPS) is 20.9. The Morgan fingerprint density at radius 1 is 1.53 bits per heavy atom. The van der Waals surface area contributed by atoms with Crippen LogP contribution in [0.15, 0.2) is 0 Å². The molecule has 4 nitrogen and oxygen atoms in total. The van der Waals surface area contributed by atoms with Crippen LogP contribution in [-0.2, 0) is 4.79 Å². The van der Waals surface area contributed by atoms with Gasteiger partial charge in [-0.3, -0.25) is 9.69 Å². The predicted octanol–water partition coefficient (Wildman–Crippen LogP) is 0.262. The lowest BCUT2D eigenvalue weighted by molar-refractivity contribution is -0.119. The first-order valence-electron chi connectivity index (χ1n) is 5.31. The number of carbonyl (C=O) groups is 1. The molecule has 1 aliphatic rings. The van der Waals surface area contributed by atoms with Gasteiger partial charge >= 0.3 is 0 Å². The van der Waals surface area contributed by atoms with E-state index in [1.54, 1.807) is 6.92 Å². The van der Waals surface area contributed by atoms with Crippen LogP contribution < -0.4 is 11.1 Å². The van der Waals surface area contributed by atoms with Crippen LogP contribution in [0.2, 0.25) is 0 Å². The molecule has 0 spiro atoms. The fourth-order valence-electron chi connectivity index (χ4n) is 1.90. The first-order chi connectivity index (χ1) is 7.00. The SMILES string of the molecule is CC(=O)NC1CCN(C(C)C(N)=S)CC1. The van der Waals surface area contributed by atoms with E-state index in [4.69, 9.17) is 18.0 Å². The molecular weight excluding hydrogens is 210 g/mol. The molecule has 1 rings (SSSR count). The Labute approximate surface area is 96.2 Å². The summed E-state index contributed by atoms with van der Waals surface area (Å²) < 4.78 is 0. The molecule has 1 aliphatic heterocycles. The van der Waals surface area contributed by atoms with Crippen molar-refractivity contribution in [3.05, 3.63) is 0 Å². The van der Waals surface area contributed by atoms with Crippen LogP contribution in [0.1, 0.15) is 26.7 Å². The van der Waals surface area contributed by atoms with Crippen molar-refractivity contribution < 1.29 is 4.79 Å². The summed E-state index contributed by atoms with van der Waals surface area (Å²) in [4.78, 5) is 13.7. The van der Waals surface area contributed by atoms with Gasteiger partial charge < -0.3 is 11.1 Å². The number of hydrogen-bond donors (Lipinski definition) is 2. The standard InChI is InChI=1S/C10H19N3OS/c1-7(10(11)15)13-5-3-9(4-6-13)12-8(2)14/h7,9H,3-6H2,1-2H3,(H2,11,15)(H,12,14). The zero-order valence-electron chi connectivity index (χ0n) is 9.32. The van der Waals surface area contributed by atoms with Gasteiger partial charge in [-0.15, -0.1) is 0 Å². The van der Waals surface area contributed by atoms with Crippen molar-refractivity contribution >= 4 is 23.1 Å². The van der Waals surface area contributed by atoms with Crippen LogP contribution in [0.4, 0.5) is 0 Å². The van der Waals surface area contributed by atoms with E-state index in [1.165, 1.54) is 0 Å². The fourth-order valence-corrected chi connectivity index (χ4v) is 2.05. The van der Waals surface area contributed by atoms with E-state index in [2.05, 4.69) is 10.2 Å². The van der Waals surface area contributed by atoms with Crippen LogP contribution in [0.3, 0.4) is 0 Å². The Hall–Kier alpha value is -0.680. The molecule has 5 heteroatoms. The lowest BCUT2D eigenvalue weighted by atomic mass is 10.0. The molecule has 1 atom stereocenters. The zero-order chi connectivity index (χ0) is 11.4. The third-order valence-electron chi connectivity index (χ3n) is 2.90. The number of carbonyl (C=O) groups excluding carboxylic acids is 1. The number of hydrogen-bond acceptors (Lipinski definition) is 3. The Balaban J connectivity index is 2.35. The van der Waals surface area contributed by atoms with E-state index >= 15 is 0 Å². The van der Waals surface area contributed by atoms with E-state index in [9.17, 15) is 4.79 Å². The van der Waals surface area contributed by atoms with E-state index in [-0.39, 0.29) is 11.9 Å². The van der Waals surface area contributed by atoms with Crippen molar-refractivity contribution in [1.29, 1.82) is 0 Å². The fraction of sp³-hybridized carbons (Fsp3) is 0.800. The maximum atomic E-state index is 10.9. The summed E-state index contributed by atoms with van der Waals surface area (Å²) in [5.74, 6) is 0.0517. The number of rotatable bonds is 3. The molecule has 15 heavy (non-hydrogen) atoms. The molecule has 0 aliphatic carbocycles. The summed E-state index contributed by atoms with van der Waals surface area (Å²) in [6, 6.07) is 0.482. The van der Waals surface area contributed by atoms with Gasteiger partial charge in [0.25, 0.3) is 0 Å². The molecule has 1 unspecified atom stereocenters. The quantitative estimate of drug-likeness (QED) is 0.682. The predicted molar refractivity (Wildman–Crippen MR) is 64.7 cm³/mol. The third-order valence-corrected chi connectivity index (χ3v) is 3.24. The van der Waals surface area contributed by atoms with Gasteiger partial charge in [0.1, 0.15) is 0 Å². The van der Waals surface area contributed by atoms with Gasteiger partial charge in [0.15, 0.2) is 0 Å². The molecule has 3 N–H and O–H groups in total. The van der Waals surface area contributed by atoms with E-state index in [0.29, 0.717) is 11.0 Å². The number of nitrogens with zero attached hydrogens (tertiary/aromatic N) is 1. The summed E-state index contributed by atoms with van der Waals surface area (Å²) in [6.45, 7) is 5.48. The van der Waals surface area contributed by atoms with Crippen LogP contribution in [0.5, 0.6) is 0 Å². The summed E-state index contributed by atoms with van der Waals surface area (Å²) in [5, 5.41) is 2.94. The number of nitrogens with one attached hydrogen (secondary N) is 1. The Morgan fingerprint density at radius 2 is 2.07 bits per heavy atom. The molecule has 0 radical (unpaired) electrons. The first-order valence-corrected chi connectivity index (χ1v) is 5.72. The first kappa shape index (κ1) is 12.4. The van der Waals surface area contributed by atoms with E-state index in [1.807, 2.05) is 6.92 Å². The van der Waals surface area contributed by atoms with Crippen molar-refractivity contribution in [3.63, 3.8) is 0 Å². The molecule has 0 aromatic heterocycles. The second-order valence-electron chi connectivity index (χ2n) is 4.09. The molecule has 0 saturated carbocycles. The number of likely N-dealkylation sites (tertiary alicyclic amines) is 1. The van der Waals surface area contributed by atoms with Crippen LogP contribution in [0, 0.1) is 0 Å². The number of thiocarbonyl (C=S) groups is 1.